The second-order valence-electron chi connectivity index (χ2n) is 6.75. The van der Waals surface area contributed by atoms with Gasteiger partial charge in [0.25, 0.3) is 0 Å². The van der Waals surface area contributed by atoms with Crippen molar-refractivity contribution >= 4 is 5.96 Å². The molecule has 1 aliphatic heterocycles. The number of nitrogens with two attached hydrogens (primary N) is 1. The van der Waals surface area contributed by atoms with E-state index >= 15 is 0 Å². The molecule has 1 heterocycles. The molecular formula is C18H30N4O. The van der Waals surface area contributed by atoms with E-state index in [0.29, 0.717) is 18.4 Å². The van der Waals surface area contributed by atoms with Gasteiger partial charge in [-0.25, -0.2) is 4.99 Å². The van der Waals surface area contributed by atoms with Gasteiger partial charge in [0.2, 0.25) is 0 Å². The average Bonchev–Trinajstić information content (AvgIpc) is 2.54. The monoisotopic (exact) mass is 318 g/mol. The lowest BCUT2D eigenvalue weighted by Gasteiger charge is -2.30. The number of nitrogens with one attached hydrogen (secondary N) is 1. The maximum atomic E-state index is 9.62. The summed E-state index contributed by atoms with van der Waals surface area (Å²) >= 11 is 0. The molecule has 1 fully saturated rings. The predicted molar refractivity (Wildman–Crippen MR) is 95.1 cm³/mol. The molecule has 4 N–H and O–H groups in total. The van der Waals surface area contributed by atoms with Gasteiger partial charge < -0.3 is 16.2 Å². The maximum Gasteiger partial charge on any atom is 0.188 e. The van der Waals surface area contributed by atoms with Crippen molar-refractivity contribution in [1.29, 1.82) is 0 Å². The zero-order chi connectivity index (χ0) is 16.7. The summed E-state index contributed by atoms with van der Waals surface area (Å²) in [5.74, 6) is 1.06. The molecule has 0 unspecified atom stereocenters. The van der Waals surface area contributed by atoms with Crippen LogP contribution in [0.4, 0.5) is 0 Å². The van der Waals surface area contributed by atoms with Crippen molar-refractivity contribution in [2.75, 3.05) is 19.6 Å². The van der Waals surface area contributed by atoms with E-state index in [1.165, 1.54) is 11.1 Å². The van der Waals surface area contributed by atoms with Crippen LogP contribution in [0.5, 0.6) is 0 Å². The molecule has 23 heavy (non-hydrogen) atoms. The quantitative estimate of drug-likeness (QED) is 0.551. The molecule has 1 aliphatic rings. The van der Waals surface area contributed by atoms with E-state index in [0.717, 1.165) is 39.0 Å². The van der Waals surface area contributed by atoms with Gasteiger partial charge in [-0.2, -0.15) is 0 Å². The number of piperidine rings is 1. The van der Waals surface area contributed by atoms with Crippen LogP contribution >= 0.6 is 0 Å². The molecule has 0 saturated carbocycles. The Bertz CT molecular complexity index is 507. The van der Waals surface area contributed by atoms with E-state index < -0.39 is 0 Å². The minimum Gasteiger partial charge on any atom is -0.393 e. The zero-order valence-corrected chi connectivity index (χ0v) is 14.3. The zero-order valence-electron chi connectivity index (χ0n) is 14.3. The molecule has 0 aliphatic carbocycles. The summed E-state index contributed by atoms with van der Waals surface area (Å²) < 4.78 is 0. The number of aliphatic hydroxyl groups excluding tert-OH is 1. The molecule has 0 aromatic heterocycles. The van der Waals surface area contributed by atoms with Gasteiger partial charge >= 0.3 is 0 Å². The molecule has 0 amide bonds. The summed E-state index contributed by atoms with van der Waals surface area (Å²) in [5, 5.41) is 12.8. The van der Waals surface area contributed by atoms with Crippen molar-refractivity contribution in [2.45, 2.75) is 45.9 Å². The Kier molecular flexibility index (Phi) is 6.86. The molecule has 0 bridgehead atoms. The predicted octanol–water partition coefficient (Wildman–Crippen LogP) is 1.70. The number of rotatable bonds is 6. The van der Waals surface area contributed by atoms with Gasteiger partial charge in [-0.3, -0.25) is 4.90 Å². The molecule has 1 aromatic rings. The first-order valence-corrected chi connectivity index (χ1v) is 8.55. The lowest BCUT2D eigenvalue weighted by Crippen LogP contribution is -2.35. The largest absolute Gasteiger partial charge is 0.393 e. The molecule has 1 aromatic carbocycles. The molecular weight excluding hydrogens is 288 g/mol. The summed E-state index contributed by atoms with van der Waals surface area (Å²) in [7, 11) is 0. The summed E-state index contributed by atoms with van der Waals surface area (Å²) in [6.45, 7) is 8.55. The van der Waals surface area contributed by atoms with Crippen LogP contribution in [0.2, 0.25) is 0 Å². The highest BCUT2D eigenvalue weighted by molar-refractivity contribution is 5.77. The minimum absolute atomic E-state index is 0.127. The number of aliphatic hydroxyl groups is 1. The Morgan fingerprint density at radius 3 is 2.61 bits per heavy atom. The minimum atomic E-state index is -0.127. The number of aliphatic imine (C=N–C) groups is 1. The lowest BCUT2D eigenvalue weighted by atomic mass is 10.0. The van der Waals surface area contributed by atoms with Gasteiger partial charge in [-0.15, -0.1) is 0 Å². The molecule has 1 saturated heterocycles. The van der Waals surface area contributed by atoms with Crippen LogP contribution in [0.3, 0.4) is 0 Å². The fraction of sp³-hybridized carbons (Fsp3) is 0.611. The van der Waals surface area contributed by atoms with Gasteiger partial charge in [0.15, 0.2) is 5.96 Å². The standard InChI is InChI=1S/C18H30N4O/c1-14(2)11-20-18(19)21-12-15-5-3-4-6-16(15)13-22-9-7-17(23)8-10-22/h3-6,14,17,23H,7-13H2,1-2H3,(H3,19,20,21). The van der Waals surface area contributed by atoms with E-state index in [9.17, 15) is 5.11 Å². The van der Waals surface area contributed by atoms with Crippen LogP contribution in [-0.4, -0.2) is 41.7 Å². The fourth-order valence-electron chi connectivity index (χ4n) is 2.72. The molecule has 5 nitrogen and oxygen atoms in total. The van der Waals surface area contributed by atoms with Crippen molar-refractivity contribution in [1.82, 2.24) is 10.2 Å². The molecule has 0 spiro atoms. The fourth-order valence-corrected chi connectivity index (χ4v) is 2.72. The lowest BCUT2D eigenvalue weighted by molar-refractivity contribution is 0.0791. The number of benzene rings is 1. The third kappa shape index (κ3) is 6.20. The Balaban J connectivity index is 1.93. The highest BCUT2D eigenvalue weighted by Gasteiger charge is 2.17. The Labute approximate surface area is 139 Å². The maximum absolute atomic E-state index is 9.62. The average molecular weight is 318 g/mol. The summed E-state index contributed by atoms with van der Waals surface area (Å²) in [5.41, 5.74) is 8.43. The van der Waals surface area contributed by atoms with Crippen molar-refractivity contribution in [2.24, 2.45) is 16.6 Å². The number of hydrogen-bond acceptors (Lipinski definition) is 3. The van der Waals surface area contributed by atoms with Crippen LogP contribution in [-0.2, 0) is 13.1 Å². The summed E-state index contributed by atoms with van der Waals surface area (Å²) in [4.78, 5) is 6.86. The third-order valence-electron chi connectivity index (χ3n) is 4.18. The van der Waals surface area contributed by atoms with E-state index in [2.05, 4.69) is 47.3 Å². The smallest absolute Gasteiger partial charge is 0.188 e. The van der Waals surface area contributed by atoms with E-state index in [1.54, 1.807) is 0 Å². The Hall–Kier alpha value is -1.59. The van der Waals surface area contributed by atoms with Gasteiger partial charge in [0.05, 0.1) is 12.6 Å². The summed E-state index contributed by atoms with van der Waals surface area (Å²) in [6.07, 6.45) is 1.61. The van der Waals surface area contributed by atoms with Crippen LogP contribution in [0.25, 0.3) is 0 Å². The van der Waals surface area contributed by atoms with Gasteiger partial charge in [0.1, 0.15) is 0 Å². The topological polar surface area (TPSA) is 73.9 Å². The van der Waals surface area contributed by atoms with Crippen molar-refractivity contribution in [3.8, 4) is 0 Å². The van der Waals surface area contributed by atoms with Crippen molar-refractivity contribution < 1.29 is 5.11 Å². The van der Waals surface area contributed by atoms with Gasteiger partial charge in [-0.1, -0.05) is 38.1 Å². The second kappa shape index (κ2) is 8.89. The number of guanidine groups is 1. The second-order valence-corrected chi connectivity index (χ2v) is 6.75. The van der Waals surface area contributed by atoms with E-state index in [1.807, 2.05) is 6.07 Å². The molecule has 0 atom stereocenters. The third-order valence-corrected chi connectivity index (χ3v) is 4.18. The van der Waals surface area contributed by atoms with Gasteiger partial charge in [0, 0.05) is 26.2 Å². The van der Waals surface area contributed by atoms with Crippen molar-refractivity contribution in [3.05, 3.63) is 35.4 Å². The normalized spacial score (nSPS) is 17.7. The highest BCUT2D eigenvalue weighted by Crippen LogP contribution is 2.17. The Morgan fingerprint density at radius 2 is 1.96 bits per heavy atom. The van der Waals surface area contributed by atoms with Crippen molar-refractivity contribution in [3.63, 3.8) is 0 Å². The molecule has 5 heteroatoms. The van der Waals surface area contributed by atoms with Crippen LogP contribution in [0.1, 0.15) is 37.8 Å². The Morgan fingerprint density at radius 1 is 1.30 bits per heavy atom. The van der Waals surface area contributed by atoms with Gasteiger partial charge in [-0.05, 0) is 29.9 Å². The summed E-state index contributed by atoms with van der Waals surface area (Å²) in [6, 6.07) is 8.40. The molecule has 0 radical (unpaired) electrons. The van der Waals surface area contributed by atoms with Crippen LogP contribution in [0.15, 0.2) is 29.3 Å². The highest BCUT2D eigenvalue weighted by atomic mass is 16.3. The first kappa shape index (κ1) is 17.8. The van der Waals surface area contributed by atoms with E-state index in [-0.39, 0.29) is 6.10 Å². The SMILES string of the molecule is CC(C)CNC(N)=NCc1ccccc1CN1CCC(O)CC1. The van der Waals surface area contributed by atoms with Crippen LogP contribution < -0.4 is 11.1 Å². The number of hydrogen-bond donors (Lipinski definition) is 3. The molecule has 2 rings (SSSR count). The molecule has 128 valence electrons. The number of likely N-dealkylation sites (tertiary alicyclic amines) is 1. The number of nitrogens with zero attached hydrogens (tertiary/aromatic N) is 2. The van der Waals surface area contributed by atoms with Crippen LogP contribution in [0, 0.1) is 5.92 Å². The first-order chi connectivity index (χ1) is 11.0. The van der Waals surface area contributed by atoms with E-state index in [4.69, 9.17) is 5.73 Å². The first-order valence-electron chi connectivity index (χ1n) is 8.55.